The molecule has 3 aromatic carbocycles. The fourth-order valence-corrected chi connectivity index (χ4v) is 4.39. The van der Waals surface area contributed by atoms with E-state index < -0.39 is 11.8 Å². The third-order valence-corrected chi connectivity index (χ3v) is 6.86. The summed E-state index contributed by atoms with van der Waals surface area (Å²) in [6, 6.07) is 19.8. The monoisotopic (exact) mass is 526 g/mol. The first-order valence-electron chi connectivity index (χ1n) is 13.0. The Morgan fingerprint density at radius 1 is 1.03 bits per heavy atom. The average Bonchev–Trinajstić information content (AvgIpc) is 3.66. The van der Waals surface area contributed by atoms with Crippen LogP contribution < -0.4 is 10.6 Å². The highest BCUT2D eigenvalue weighted by molar-refractivity contribution is 6.04. The number of phenols is 1. The van der Waals surface area contributed by atoms with Crippen molar-refractivity contribution < 1.29 is 19.1 Å². The van der Waals surface area contributed by atoms with Gasteiger partial charge in [-0.2, -0.15) is 9.78 Å². The van der Waals surface area contributed by atoms with Crippen molar-refractivity contribution in [3.05, 3.63) is 101 Å². The van der Waals surface area contributed by atoms with Crippen LogP contribution in [0.5, 0.6) is 5.75 Å². The molecule has 0 unspecified atom stereocenters. The minimum absolute atomic E-state index is 0.0156. The lowest BCUT2D eigenvalue weighted by atomic mass is 9.87. The van der Waals surface area contributed by atoms with Gasteiger partial charge in [-0.05, 0) is 66.3 Å². The van der Waals surface area contributed by atoms with Crippen molar-refractivity contribution >= 4 is 17.6 Å². The van der Waals surface area contributed by atoms with Gasteiger partial charge in [0.2, 0.25) is 0 Å². The highest BCUT2D eigenvalue weighted by Gasteiger charge is 2.31. The zero-order valence-electron chi connectivity index (χ0n) is 22.2. The normalized spacial score (nSPS) is 13.2. The zero-order chi connectivity index (χ0) is 27.7. The van der Waals surface area contributed by atoms with E-state index >= 15 is 0 Å². The Kier molecular flexibility index (Phi) is 6.95. The number of aromatic nitrogens is 2. The fraction of sp³-hybridized carbons (Fsp3) is 0.258. The lowest BCUT2D eigenvalue weighted by Gasteiger charge is -2.19. The molecule has 0 atom stereocenters. The summed E-state index contributed by atoms with van der Waals surface area (Å²) in [6.45, 7) is 6.36. The number of carbonyl (C=O) groups is 2. The first kappa shape index (κ1) is 26.2. The molecule has 4 aromatic rings. The Labute approximate surface area is 226 Å². The molecule has 2 amide bonds. The van der Waals surface area contributed by atoms with Crippen molar-refractivity contribution in [3.63, 3.8) is 0 Å². The van der Waals surface area contributed by atoms with E-state index in [1.807, 2.05) is 12.1 Å². The minimum atomic E-state index is -0.478. The molecular formula is C31H31FN4O3. The van der Waals surface area contributed by atoms with Crippen molar-refractivity contribution in [2.24, 2.45) is 0 Å². The topological polar surface area (TPSA) is 96.2 Å². The first-order valence-corrected chi connectivity index (χ1v) is 13.0. The quantitative estimate of drug-likeness (QED) is 0.247. The lowest BCUT2D eigenvalue weighted by Crippen LogP contribution is -2.30. The summed E-state index contributed by atoms with van der Waals surface area (Å²) in [6.07, 6.45) is 1.86. The number of phenolic OH excluding ortho intramolecular Hbond substituents is 1. The third-order valence-electron chi connectivity index (χ3n) is 6.86. The van der Waals surface area contributed by atoms with Crippen LogP contribution >= 0.6 is 0 Å². The van der Waals surface area contributed by atoms with Crippen LogP contribution in [0.1, 0.15) is 66.7 Å². The van der Waals surface area contributed by atoms with Gasteiger partial charge in [-0.15, -0.1) is 0 Å². The Balaban J connectivity index is 1.36. The molecule has 200 valence electrons. The van der Waals surface area contributed by atoms with E-state index in [-0.39, 0.29) is 29.5 Å². The number of nitrogens with zero attached hydrogens (tertiary/aromatic N) is 2. The largest absolute Gasteiger partial charge is 0.507 e. The van der Waals surface area contributed by atoms with Gasteiger partial charge < -0.3 is 15.7 Å². The van der Waals surface area contributed by atoms with E-state index in [4.69, 9.17) is 0 Å². The molecule has 0 radical (unpaired) electrons. The van der Waals surface area contributed by atoms with Gasteiger partial charge in [0.15, 0.2) is 0 Å². The molecule has 7 nitrogen and oxygen atoms in total. The number of halogens is 1. The summed E-state index contributed by atoms with van der Waals surface area (Å²) in [5, 5.41) is 20.7. The number of benzene rings is 3. The number of aromatic hydroxyl groups is 1. The Bertz CT molecular complexity index is 1530. The minimum Gasteiger partial charge on any atom is -0.507 e. The Morgan fingerprint density at radius 3 is 2.41 bits per heavy atom. The van der Waals surface area contributed by atoms with Crippen molar-refractivity contribution in [1.29, 1.82) is 0 Å². The molecule has 1 fully saturated rings. The summed E-state index contributed by atoms with van der Waals surface area (Å²) in [5.74, 6) is -0.507. The van der Waals surface area contributed by atoms with Crippen LogP contribution in [-0.4, -0.2) is 26.8 Å². The molecule has 3 N–H and O–H groups in total. The Hall–Kier alpha value is -4.46. The molecule has 1 saturated carbocycles. The summed E-state index contributed by atoms with van der Waals surface area (Å²) in [4.78, 5) is 25.9. The molecular weight excluding hydrogens is 495 g/mol. The van der Waals surface area contributed by atoms with Crippen molar-refractivity contribution in [1.82, 2.24) is 15.1 Å². The summed E-state index contributed by atoms with van der Waals surface area (Å²) in [7, 11) is 0. The van der Waals surface area contributed by atoms with E-state index in [1.54, 1.807) is 48.5 Å². The molecule has 1 aromatic heterocycles. The van der Waals surface area contributed by atoms with Crippen molar-refractivity contribution in [3.8, 4) is 17.0 Å². The van der Waals surface area contributed by atoms with Crippen molar-refractivity contribution in [2.75, 3.05) is 5.32 Å². The molecule has 0 saturated heterocycles. The number of hydrogen-bond acceptors (Lipinski definition) is 4. The molecule has 5 rings (SSSR count). The second-order valence-electron chi connectivity index (χ2n) is 10.9. The highest BCUT2D eigenvalue weighted by Crippen LogP contribution is 2.42. The van der Waals surface area contributed by atoms with Gasteiger partial charge >= 0.3 is 6.03 Å². The van der Waals surface area contributed by atoms with Gasteiger partial charge in [-0.1, -0.05) is 51.1 Å². The predicted octanol–water partition coefficient (Wildman–Crippen LogP) is 6.58. The van der Waals surface area contributed by atoms with Gasteiger partial charge in [0.05, 0.1) is 11.4 Å². The van der Waals surface area contributed by atoms with E-state index in [2.05, 4.69) is 36.5 Å². The second kappa shape index (κ2) is 10.4. The van der Waals surface area contributed by atoms with Crippen LogP contribution in [0.2, 0.25) is 0 Å². The summed E-state index contributed by atoms with van der Waals surface area (Å²) < 4.78 is 15.3. The fourth-order valence-electron chi connectivity index (χ4n) is 4.39. The van der Waals surface area contributed by atoms with Gasteiger partial charge in [0, 0.05) is 34.8 Å². The molecule has 0 spiro atoms. The highest BCUT2D eigenvalue weighted by atomic mass is 19.1. The third kappa shape index (κ3) is 5.85. The van der Waals surface area contributed by atoms with Gasteiger partial charge in [0.1, 0.15) is 11.6 Å². The number of rotatable bonds is 6. The number of amides is 2. The number of hydrogen-bond donors (Lipinski definition) is 3. The molecule has 1 heterocycles. The van der Waals surface area contributed by atoms with Gasteiger partial charge in [-0.3, -0.25) is 4.79 Å². The van der Waals surface area contributed by atoms with Gasteiger partial charge in [-0.25, -0.2) is 9.18 Å². The standard InChI is InChI=1S/C31H31FN4O3/c1-31(2,3)22-12-10-20(11-13-22)29(38)34-23-14-15-28(37)24(16-23)26-17-27(19-8-9-19)36(35-26)30(39)33-18-21-6-4-5-7-25(21)32/h4-7,10-17,19,37H,8-9,18H2,1-3H3,(H,33,39)(H,34,38). The van der Waals surface area contributed by atoms with E-state index in [9.17, 15) is 19.1 Å². The summed E-state index contributed by atoms with van der Waals surface area (Å²) >= 11 is 0. The maximum atomic E-state index is 14.0. The predicted molar refractivity (Wildman–Crippen MR) is 148 cm³/mol. The zero-order valence-corrected chi connectivity index (χ0v) is 22.2. The van der Waals surface area contributed by atoms with E-state index in [1.165, 1.54) is 16.8 Å². The van der Waals surface area contributed by atoms with Crippen LogP contribution in [0.4, 0.5) is 14.9 Å². The number of anilines is 1. The van der Waals surface area contributed by atoms with Gasteiger partial charge in [0.25, 0.3) is 5.91 Å². The summed E-state index contributed by atoms with van der Waals surface area (Å²) in [5.41, 5.74) is 4.01. The smallest absolute Gasteiger partial charge is 0.342 e. The number of carbonyl (C=O) groups excluding carboxylic acids is 2. The Morgan fingerprint density at radius 2 is 1.74 bits per heavy atom. The first-order chi connectivity index (χ1) is 18.6. The van der Waals surface area contributed by atoms with Crippen LogP contribution in [-0.2, 0) is 12.0 Å². The van der Waals surface area contributed by atoms with Crippen LogP contribution in [0.3, 0.4) is 0 Å². The van der Waals surface area contributed by atoms with E-state index in [0.29, 0.717) is 28.1 Å². The lowest BCUT2D eigenvalue weighted by molar-refractivity contribution is 0.102. The maximum absolute atomic E-state index is 14.0. The second-order valence-corrected chi connectivity index (χ2v) is 10.9. The molecule has 1 aliphatic carbocycles. The van der Waals surface area contributed by atoms with Crippen LogP contribution in [0, 0.1) is 5.82 Å². The molecule has 1 aliphatic rings. The van der Waals surface area contributed by atoms with Crippen LogP contribution in [0.25, 0.3) is 11.3 Å². The van der Waals surface area contributed by atoms with Crippen molar-refractivity contribution in [2.45, 2.75) is 51.5 Å². The average molecular weight is 527 g/mol. The van der Waals surface area contributed by atoms with E-state index in [0.717, 1.165) is 24.1 Å². The molecule has 0 aliphatic heterocycles. The molecule has 8 heteroatoms. The van der Waals surface area contributed by atoms with Crippen LogP contribution in [0.15, 0.2) is 72.8 Å². The number of nitrogens with one attached hydrogen (secondary N) is 2. The SMILES string of the molecule is CC(C)(C)c1ccc(C(=O)Nc2ccc(O)c(-c3cc(C4CC4)n(C(=O)NCc4ccccc4F)n3)c2)cc1. The molecule has 39 heavy (non-hydrogen) atoms. The molecule has 0 bridgehead atoms. The maximum Gasteiger partial charge on any atom is 0.342 e.